The van der Waals surface area contributed by atoms with Gasteiger partial charge in [0.05, 0.1) is 12.1 Å². The molecule has 2 aliphatic rings. The number of nitrogens with one attached hydrogen (secondary N) is 2. The number of amides is 1. The minimum Gasteiger partial charge on any atom is -0.394 e. The van der Waals surface area contributed by atoms with E-state index in [1.807, 2.05) is 12.1 Å². The van der Waals surface area contributed by atoms with Crippen molar-refractivity contribution in [1.82, 2.24) is 10.6 Å². The Kier molecular flexibility index (Phi) is 4.27. The second kappa shape index (κ2) is 6.16. The molecule has 1 heterocycles. The first-order valence-electron chi connectivity index (χ1n) is 7.99. The van der Waals surface area contributed by atoms with Crippen molar-refractivity contribution in [1.29, 1.82) is 0 Å². The maximum absolute atomic E-state index is 12.7. The van der Waals surface area contributed by atoms with Gasteiger partial charge in [-0.25, -0.2) is 0 Å². The molecule has 1 saturated carbocycles. The third-order valence-electron chi connectivity index (χ3n) is 4.88. The summed E-state index contributed by atoms with van der Waals surface area (Å²) in [5.41, 5.74) is 2.76. The standard InChI is InChI=1S/C17H24N2O2/c20-12-17(8-2-1-3-9-17)19-16(21)15-6-4-5-13-11-18-10-7-14(13)15/h4-6,18,20H,1-3,7-12H2,(H,19,21). The lowest BCUT2D eigenvalue weighted by atomic mass is 9.82. The summed E-state index contributed by atoms with van der Waals surface area (Å²) in [5.74, 6) is -0.0234. The summed E-state index contributed by atoms with van der Waals surface area (Å²) >= 11 is 0. The molecule has 3 rings (SSSR count). The highest BCUT2D eigenvalue weighted by atomic mass is 16.3. The molecule has 0 atom stereocenters. The van der Waals surface area contributed by atoms with Gasteiger partial charge >= 0.3 is 0 Å². The summed E-state index contributed by atoms with van der Waals surface area (Å²) in [5, 5.41) is 16.2. The molecule has 21 heavy (non-hydrogen) atoms. The van der Waals surface area contributed by atoms with E-state index in [1.54, 1.807) is 0 Å². The predicted molar refractivity (Wildman–Crippen MR) is 82.2 cm³/mol. The lowest BCUT2D eigenvalue weighted by molar-refractivity contribution is 0.0757. The molecule has 0 spiro atoms. The Morgan fingerprint density at radius 3 is 2.86 bits per heavy atom. The number of benzene rings is 1. The van der Waals surface area contributed by atoms with Gasteiger partial charge < -0.3 is 15.7 Å². The Morgan fingerprint density at radius 1 is 1.29 bits per heavy atom. The molecule has 4 nitrogen and oxygen atoms in total. The Hall–Kier alpha value is -1.39. The number of carbonyl (C=O) groups is 1. The minimum atomic E-state index is -0.412. The number of hydrogen-bond donors (Lipinski definition) is 3. The fourth-order valence-corrected chi connectivity index (χ4v) is 3.60. The van der Waals surface area contributed by atoms with E-state index in [9.17, 15) is 9.90 Å². The number of rotatable bonds is 3. The van der Waals surface area contributed by atoms with Gasteiger partial charge in [0, 0.05) is 12.1 Å². The van der Waals surface area contributed by atoms with Crippen LogP contribution >= 0.6 is 0 Å². The quantitative estimate of drug-likeness (QED) is 0.794. The molecule has 1 aromatic rings. The number of carbonyl (C=O) groups excluding carboxylic acids is 1. The largest absolute Gasteiger partial charge is 0.394 e. The summed E-state index contributed by atoms with van der Waals surface area (Å²) < 4.78 is 0. The van der Waals surface area contributed by atoms with Crippen LogP contribution in [0.3, 0.4) is 0 Å². The number of aliphatic hydroxyl groups excluding tert-OH is 1. The predicted octanol–water partition coefficient (Wildman–Crippen LogP) is 1.76. The zero-order valence-electron chi connectivity index (χ0n) is 12.5. The molecular weight excluding hydrogens is 264 g/mol. The number of hydrogen-bond acceptors (Lipinski definition) is 3. The summed E-state index contributed by atoms with van der Waals surface area (Å²) in [7, 11) is 0. The van der Waals surface area contributed by atoms with Gasteiger partial charge in [0.1, 0.15) is 0 Å². The van der Waals surface area contributed by atoms with E-state index in [-0.39, 0.29) is 12.5 Å². The van der Waals surface area contributed by atoms with Gasteiger partial charge in [-0.15, -0.1) is 0 Å². The maximum atomic E-state index is 12.7. The lowest BCUT2D eigenvalue weighted by Crippen LogP contribution is -2.52. The van der Waals surface area contributed by atoms with E-state index in [2.05, 4.69) is 16.7 Å². The Labute approximate surface area is 125 Å². The normalized spacial score (nSPS) is 20.6. The van der Waals surface area contributed by atoms with Gasteiger partial charge in [-0.05, 0) is 43.0 Å². The highest BCUT2D eigenvalue weighted by Gasteiger charge is 2.33. The Bertz CT molecular complexity index is 522. The van der Waals surface area contributed by atoms with Gasteiger partial charge in [-0.1, -0.05) is 31.4 Å². The molecule has 0 aromatic heterocycles. The van der Waals surface area contributed by atoms with Gasteiger partial charge in [-0.2, -0.15) is 0 Å². The van der Waals surface area contributed by atoms with Crippen LogP contribution in [0.5, 0.6) is 0 Å². The van der Waals surface area contributed by atoms with Gasteiger partial charge in [0.25, 0.3) is 5.91 Å². The van der Waals surface area contributed by atoms with Crippen LogP contribution in [0.4, 0.5) is 0 Å². The third-order valence-corrected chi connectivity index (χ3v) is 4.88. The fraction of sp³-hybridized carbons (Fsp3) is 0.588. The van der Waals surface area contributed by atoms with Crippen molar-refractivity contribution in [3.63, 3.8) is 0 Å². The highest BCUT2D eigenvalue weighted by molar-refractivity contribution is 5.96. The molecule has 1 amide bonds. The van der Waals surface area contributed by atoms with Gasteiger partial charge in [-0.3, -0.25) is 4.79 Å². The molecule has 1 aliphatic heterocycles. The van der Waals surface area contributed by atoms with E-state index in [0.717, 1.165) is 56.3 Å². The van der Waals surface area contributed by atoms with Crippen LogP contribution in [0.2, 0.25) is 0 Å². The van der Waals surface area contributed by atoms with Crippen LogP contribution in [-0.2, 0) is 13.0 Å². The zero-order chi connectivity index (χ0) is 14.7. The molecule has 0 bridgehead atoms. The fourth-order valence-electron chi connectivity index (χ4n) is 3.60. The van der Waals surface area contributed by atoms with E-state index in [1.165, 1.54) is 12.0 Å². The van der Waals surface area contributed by atoms with Crippen LogP contribution in [0.25, 0.3) is 0 Å². The maximum Gasteiger partial charge on any atom is 0.252 e. The molecule has 3 N–H and O–H groups in total. The average Bonchev–Trinajstić information content (AvgIpc) is 2.55. The molecule has 0 saturated heterocycles. The average molecular weight is 288 g/mol. The molecule has 114 valence electrons. The van der Waals surface area contributed by atoms with Crippen molar-refractivity contribution < 1.29 is 9.90 Å². The van der Waals surface area contributed by atoms with Crippen LogP contribution in [0, 0.1) is 0 Å². The topological polar surface area (TPSA) is 61.4 Å². The van der Waals surface area contributed by atoms with E-state index < -0.39 is 5.54 Å². The Balaban J connectivity index is 1.82. The van der Waals surface area contributed by atoms with Crippen molar-refractivity contribution in [2.24, 2.45) is 0 Å². The summed E-state index contributed by atoms with van der Waals surface area (Å²) in [6.45, 7) is 1.79. The molecule has 1 fully saturated rings. The first-order valence-corrected chi connectivity index (χ1v) is 7.99. The van der Waals surface area contributed by atoms with Crippen LogP contribution in [0.1, 0.15) is 53.6 Å². The molecule has 0 unspecified atom stereocenters. The van der Waals surface area contributed by atoms with E-state index in [4.69, 9.17) is 0 Å². The van der Waals surface area contributed by atoms with E-state index in [0.29, 0.717) is 0 Å². The summed E-state index contributed by atoms with van der Waals surface area (Å²) in [6.07, 6.45) is 6.02. The first-order chi connectivity index (χ1) is 10.2. The molecular formula is C17H24N2O2. The molecule has 1 aliphatic carbocycles. The Morgan fingerprint density at radius 2 is 2.10 bits per heavy atom. The highest BCUT2D eigenvalue weighted by Crippen LogP contribution is 2.28. The second-order valence-electron chi connectivity index (χ2n) is 6.32. The third kappa shape index (κ3) is 2.97. The SMILES string of the molecule is O=C(NC1(CO)CCCCC1)c1cccc2c1CCNC2. The summed E-state index contributed by atoms with van der Waals surface area (Å²) in [4.78, 5) is 12.7. The van der Waals surface area contributed by atoms with Crippen LogP contribution < -0.4 is 10.6 Å². The van der Waals surface area contributed by atoms with Gasteiger partial charge in [0.2, 0.25) is 0 Å². The molecule has 4 heteroatoms. The first kappa shape index (κ1) is 14.5. The van der Waals surface area contributed by atoms with Gasteiger partial charge in [0.15, 0.2) is 0 Å². The minimum absolute atomic E-state index is 0.0234. The number of fused-ring (bicyclic) bond motifs is 1. The smallest absolute Gasteiger partial charge is 0.252 e. The monoisotopic (exact) mass is 288 g/mol. The van der Waals surface area contributed by atoms with Crippen LogP contribution in [-0.4, -0.2) is 29.7 Å². The lowest BCUT2D eigenvalue weighted by Gasteiger charge is -2.36. The molecule has 1 aromatic carbocycles. The van der Waals surface area contributed by atoms with Crippen molar-refractivity contribution in [3.05, 3.63) is 34.9 Å². The molecule has 0 radical (unpaired) electrons. The van der Waals surface area contributed by atoms with Crippen molar-refractivity contribution in [2.75, 3.05) is 13.2 Å². The zero-order valence-corrected chi connectivity index (χ0v) is 12.5. The summed E-state index contributed by atoms with van der Waals surface area (Å²) in [6, 6.07) is 5.95. The van der Waals surface area contributed by atoms with Crippen molar-refractivity contribution in [3.8, 4) is 0 Å². The van der Waals surface area contributed by atoms with Crippen molar-refractivity contribution >= 4 is 5.91 Å². The van der Waals surface area contributed by atoms with Crippen LogP contribution in [0.15, 0.2) is 18.2 Å². The van der Waals surface area contributed by atoms with E-state index >= 15 is 0 Å². The van der Waals surface area contributed by atoms with Crippen molar-refractivity contribution in [2.45, 2.75) is 50.6 Å². The number of aliphatic hydroxyl groups is 1. The second-order valence-corrected chi connectivity index (χ2v) is 6.32.